The van der Waals surface area contributed by atoms with Crippen LogP contribution in [-0.4, -0.2) is 56.1 Å². The van der Waals surface area contributed by atoms with Crippen molar-refractivity contribution in [3.8, 4) is 11.5 Å². The Bertz CT molecular complexity index is 880. The molecule has 8 heteroatoms. The number of halogens is 1. The fraction of sp³-hybridized carbons (Fsp3) is 0.364. The van der Waals surface area contributed by atoms with Crippen LogP contribution < -0.4 is 19.7 Å². The highest BCUT2D eigenvalue weighted by molar-refractivity contribution is 6.39. The molecule has 0 aliphatic carbocycles. The second-order valence-electron chi connectivity index (χ2n) is 6.74. The van der Waals surface area contributed by atoms with E-state index in [-0.39, 0.29) is 5.82 Å². The second kappa shape index (κ2) is 9.96. The first-order valence-electron chi connectivity index (χ1n) is 10.0. The second-order valence-corrected chi connectivity index (χ2v) is 6.74. The number of carbonyl (C=O) groups excluding carboxylic acids is 2. The van der Waals surface area contributed by atoms with Crippen LogP contribution in [0.15, 0.2) is 42.5 Å². The number of amides is 2. The lowest BCUT2D eigenvalue weighted by Crippen LogP contribution is -2.51. The summed E-state index contributed by atoms with van der Waals surface area (Å²) in [6, 6.07) is 11.3. The predicted molar refractivity (Wildman–Crippen MR) is 113 cm³/mol. The van der Waals surface area contributed by atoms with E-state index in [1.165, 1.54) is 17.0 Å². The molecule has 30 heavy (non-hydrogen) atoms. The molecule has 1 fully saturated rings. The van der Waals surface area contributed by atoms with Gasteiger partial charge in [0.1, 0.15) is 5.82 Å². The summed E-state index contributed by atoms with van der Waals surface area (Å²) in [5.74, 6) is -0.471. The first kappa shape index (κ1) is 21.4. The maximum Gasteiger partial charge on any atom is 0.313 e. The number of rotatable bonds is 6. The molecule has 3 rings (SSSR count). The van der Waals surface area contributed by atoms with Gasteiger partial charge in [0.15, 0.2) is 11.5 Å². The molecular formula is C22H26FN3O4. The maximum absolute atomic E-state index is 13.1. The highest BCUT2D eigenvalue weighted by Gasteiger charge is 2.26. The Labute approximate surface area is 175 Å². The Morgan fingerprint density at radius 2 is 1.57 bits per heavy atom. The van der Waals surface area contributed by atoms with Crippen molar-refractivity contribution in [3.63, 3.8) is 0 Å². The highest BCUT2D eigenvalue weighted by atomic mass is 19.1. The summed E-state index contributed by atoms with van der Waals surface area (Å²) in [6.45, 7) is 6.65. The van der Waals surface area contributed by atoms with E-state index in [1.807, 2.05) is 13.8 Å². The van der Waals surface area contributed by atoms with E-state index in [0.29, 0.717) is 56.6 Å². The number of carbonyl (C=O) groups is 2. The number of hydrogen-bond donors (Lipinski definition) is 1. The van der Waals surface area contributed by atoms with Crippen molar-refractivity contribution in [1.82, 2.24) is 4.90 Å². The molecule has 1 saturated heterocycles. The lowest BCUT2D eigenvalue weighted by molar-refractivity contribution is -0.143. The Kier molecular flexibility index (Phi) is 7.11. The standard InChI is InChI=1S/C22H26FN3O4/c1-3-29-19-10-7-17(15-20(19)30-4-2)24-21(27)22(28)26-13-11-25(12-14-26)18-8-5-16(23)6-9-18/h5-10,15H,3-4,11-14H2,1-2H3,(H,24,27). The molecule has 0 spiro atoms. The van der Waals surface area contributed by atoms with Crippen LogP contribution in [0.4, 0.5) is 15.8 Å². The summed E-state index contributed by atoms with van der Waals surface area (Å²) in [5.41, 5.74) is 1.36. The van der Waals surface area contributed by atoms with Crippen molar-refractivity contribution in [2.45, 2.75) is 13.8 Å². The first-order valence-corrected chi connectivity index (χ1v) is 10.0. The van der Waals surface area contributed by atoms with E-state index in [4.69, 9.17) is 9.47 Å². The van der Waals surface area contributed by atoms with E-state index in [1.54, 1.807) is 30.3 Å². The van der Waals surface area contributed by atoms with Gasteiger partial charge in [-0.2, -0.15) is 0 Å². The minimum Gasteiger partial charge on any atom is -0.490 e. The van der Waals surface area contributed by atoms with Crippen LogP contribution in [0.2, 0.25) is 0 Å². The van der Waals surface area contributed by atoms with Crippen molar-refractivity contribution < 1.29 is 23.5 Å². The number of anilines is 2. The van der Waals surface area contributed by atoms with Crippen molar-refractivity contribution in [3.05, 3.63) is 48.3 Å². The molecule has 0 aromatic heterocycles. The van der Waals surface area contributed by atoms with Gasteiger partial charge < -0.3 is 24.6 Å². The molecule has 1 heterocycles. The zero-order valence-electron chi connectivity index (χ0n) is 17.2. The van der Waals surface area contributed by atoms with Gasteiger partial charge in [-0.15, -0.1) is 0 Å². The number of benzene rings is 2. The number of nitrogens with one attached hydrogen (secondary N) is 1. The molecule has 1 N–H and O–H groups in total. The summed E-state index contributed by atoms with van der Waals surface area (Å²) in [6.07, 6.45) is 0. The van der Waals surface area contributed by atoms with Gasteiger partial charge in [0, 0.05) is 43.6 Å². The molecule has 0 saturated carbocycles. The molecule has 0 radical (unpaired) electrons. The van der Waals surface area contributed by atoms with Crippen molar-refractivity contribution >= 4 is 23.2 Å². The van der Waals surface area contributed by atoms with Crippen LogP contribution in [0.1, 0.15) is 13.8 Å². The van der Waals surface area contributed by atoms with Crippen molar-refractivity contribution in [2.75, 3.05) is 49.6 Å². The predicted octanol–water partition coefficient (Wildman–Crippen LogP) is 2.91. The molecule has 0 bridgehead atoms. The Balaban J connectivity index is 1.58. The number of hydrogen-bond acceptors (Lipinski definition) is 5. The molecule has 160 valence electrons. The van der Waals surface area contributed by atoms with E-state index in [9.17, 15) is 14.0 Å². The molecule has 0 unspecified atom stereocenters. The van der Waals surface area contributed by atoms with Crippen LogP contribution in [0.5, 0.6) is 11.5 Å². The molecule has 1 aliphatic rings. The Morgan fingerprint density at radius 1 is 0.933 bits per heavy atom. The monoisotopic (exact) mass is 415 g/mol. The molecular weight excluding hydrogens is 389 g/mol. The van der Waals surface area contributed by atoms with Crippen LogP contribution in [0.3, 0.4) is 0 Å². The lowest BCUT2D eigenvalue weighted by Gasteiger charge is -2.35. The average molecular weight is 415 g/mol. The lowest BCUT2D eigenvalue weighted by atomic mass is 10.2. The minimum atomic E-state index is -0.697. The SMILES string of the molecule is CCOc1ccc(NC(=O)C(=O)N2CCN(c3ccc(F)cc3)CC2)cc1OCC. The van der Waals surface area contributed by atoms with Crippen LogP contribution in [0, 0.1) is 5.82 Å². The third-order valence-corrected chi connectivity index (χ3v) is 4.75. The van der Waals surface area contributed by atoms with Gasteiger partial charge in [-0.1, -0.05) is 0 Å². The molecule has 2 aromatic rings. The summed E-state index contributed by atoms with van der Waals surface area (Å²) in [7, 11) is 0. The van der Waals surface area contributed by atoms with Crippen LogP contribution in [-0.2, 0) is 9.59 Å². The summed E-state index contributed by atoms with van der Waals surface area (Å²) >= 11 is 0. The van der Waals surface area contributed by atoms with E-state index in [0.717, 1.165) is 5.69 Å². The van der Waals surface area contributed by atoms with Crippen molar-refractivity contribution in [2.24, 2.45) is 0 Å². The van der Waals surface area contributed by atoms with Gasteiger partial charge >= 0.3 is 11.8 Å². The highest BCUT2D eigenvalue weighted by Crippen LogP contribution is 2.30. The fourth-order valence-corrected chi connectivity index (χ4v) is 3.28. The van der Waals surface area contributed by atoms with E-state index < -0.39 is 11.8 Å². The van der Waals surface area contributed by atoms with Gasteiger partial charge in [-0.25, -0.2) is 4.39 Å². The van der Waals surface area contributed by atoms with Crippen LogP contribution in [0.25, 0.3) is 0 Å². The number of nitrogens with zero attached hydrogens (tertiary/aromatic N) is 2. The third-order valence-electron chi connectivity index (χ3n) is 4.75. The fourth-order valence-electron chi connectivity index (χ4n) is 3.28. The summed E-state index contributed by atoms with van der Waals surface area (Å²) < 4.78 is 24.1. The summed E-state index contributed by atoms with van der Waals surface area (Å²) in [4.78, 5) is 28.6. The molecule has 0 atom stereocenters. The number of piperazine rings is 1. The third kappa shape index (κ3) is 5.20. The topological polar surface area (TPSA) is 71.1 Å². The quantitative estimate of drug-likeness (QED) is 0.735. The minimum absolute atomic E-state index is 0.286. The largest absolute Gasteiger partial charge is 0.490 e. The van der Waals surface area contributed by atoms with E-state index >= 15 is 0 Å². The summed E-state index contributed by atoms with van der Waals surface area (Å²) in [5, 5.41) is 2.64. The van der Waals surface area contributed by atoms with Gasteiger partial charge in [0.25, 0.3) is 0 Å². The average Bonchev–Trinajstić information content (AvgIpc) is 2.76. The van der Waals surface area contributed by atoms with Crippen LogP contribution >= 0.6 is 0 Å². The Hall–Kier alpha value is -3.29. The van der Waals surface area contributed by atoms with Gasteiger partial charge in [0.05, 0.1) is 13.2 Å². The number of ether oxygens (including phenoxy) is 2. The van der Waals surface area contributed by atoms with Gasteiger partial charge in [0.2, 0.25) is 0 Å². The zero-order valence-corrected chi connectivity index (χ0v) is 17.2. The Morgan fingerprint density at radius 3 is 2.20 bits per heavy atom. The van der Waals surface area contributed by atoms with E-state index in [2.05, 4.69) is 10.2 Å². The normalized spacial score (nSPS) is 13.7. The zero-order chi connectivity index (χ0) is 21.5. The molecule has 2 aromatic carbocycles. The van der Waals surface area contributed by atoms with Gasteiger partial charge in [-0.05, 0) is 50.2 Å². The van der Waals surface area contributed by atoms with Gasteiger partial charge in [-0.3, -0.25) is 9.59 Å². The molecule has 1 aliphatic heterocycles. The smallest absolute Gasteiger partial charge is 0.313 e. The first-order chi connectivity index (χ1) is 14.5. The molecule has 2 amide bonds. The molecule has 7 nitrogen and oxygen atoms in total. The maximum atomic E-state index is 13.1. The van der Waals surface area contributed by atoms with Crippen molar-refractivity contribution in [1.29, 1.82) is 0 Å².